The van der Waals surface area contributed by atoms with Gasteiger partial charge in [-0.25, -0.2) is 4.98 Å². The first-order valence-corrected chi connectivity index (χ1v) is 11.9. The summed E-state index contributed by atoms with van der Waals surface area (Å²) in [6.07, 6.45) is 0.406. The molecule has 1 saturated heterocycles. The highest BCUT2D eigenvalue weighted by molar-refractivity contribution is 5.97. The van der Waals surface area contributed by atoms with E-state index in [1.807, 2.05) is 78.6 Å². The zero-order valence-corrected chi connectivity index (χ0v) is 20.0. The van der Waals surface area contributed by atoms with Crippen LogP contribution < -0.4 is 19.1 Å². The molecular weight excluding hydrogens is 442 g/mol. The number of amides is 1. The van der Waals surface area contributed by atoms with Crippen LogP contribution in [-0.2, 0) is 11.3 Å². The average molecular weight is 472 g/mol. The van der Waals surface area contributed by atoms with Crippen LogP contribution in [0.4, 0.5) is 5.69 Å². The van der Waals surface area contributed by atoms with Gasteiger partial charge in [-0.3, -0.25) is 4.79 Å². The van der Waals surface area contributed by atoms with E-state index in [4.69, 9.17) is 19.2 Å². The maximum atomic E-state index is 13.1. The predicted molar refractivity (Wildman–Crippen MR) is 136 cm³/mol. The number of fused-ring (bicyclic) bond motifs is 1. The minimum absolute atomic E-state index is 0.0226. The molecule has 1 aliphatic heterocycles. The van der Waals surface area contributed by atoms with E-state index in [1.54, 1.807) is 7.11 Å². The Balaban J connectivity index is 1.38. The first-order valence-electron chi connectivity index (χ1n) is 11.9. The van der Waals surface area contributed by atoms with Crippen LogP contribution in [0.15, 0.2) is 72.8 Å². The molecule has 35 heavy (non-hydrogen) atoms. The molecule has 2 heterocycles. The lowest BCUT2D eigenvalue weighted by Gasteiger charge is -2.20. The lowest BCUT2D eigenvalue weighted by Crippen LogP contribution is -2.25. The highest BCUT2D eigenvalue weighted by Gasteiger charge is 2.36. The predicted octanol–water partition coefficient (Wildman–Crippen LogP) is 5.04. The monoisotopic (exact) mass is 471 g/mol. The maximum absolute atomic E-state index is 13.1. The van der Waals surface area contributed by atoms with Crippen molar-refractivity contribution in [1.82, 2.24) is 9.55 Å². The standard InChI is InChI=1S/C28H29N3O4/c1-3-34-26-11-7-6-10-25(26)31-19-20(18-27(31)32)28-29-23-8-4-5-9-24(23)30(28)16-17-35-22-14-12-21(33-2)13-15-22/h4-15,20H,3,16-19H2,1-2H3/t20-/m0/s1. The Bertz CT molecular complexity index is 1320. The van der Waals surface area contributed by atoms with Gasteiger partial charge in [0.15, 0.2) is 0 Å². The third-order valence-electron chi connectivity index (χ3n) is 6.27. The minimum Gasteiger partial charge on any atom is -0.497 e. The SMILES string of the molecule is CCOc1ccccc1N1C[C@@H](c2nc3ccccc3n2CCOc2ccc(OC)cc2)CC1=O. The second-order valence-electron chi connectivity index (χ2n) is 8.44. The number of ether oxygens (including phenoxy) is 3. The molecule has 180 valence electrons. The molecule has 0 N–H and O–H groups in total. The van der Waals surface area contributed by atoms with Gasteiger partial charge in [-0.15, -0.1) is 0 Å². The minimum atomic E-state index is -0.0226. The van der Waals surface area contributed by atoms with Gasteiger partial charge < -0.3 is 23.7 Å². The molecule has 4 aromatic rings. The molecule has 0 saturated carbocycles. The maximum Gasteiger partial charge on any atom is 0.227 e. The number of anilines is 1. The van der Waals surface area contributed by atoms with Crippen LogP contribution in [0.3, 0.4) is 0 Å². The fraction of sp³-hybridized carbons (Fsp3) is 0.286. The Morgan fingerprint density at radius 2 is 1.69 bits per heavy atom. The van der Waals surface area contributed by atoms with Gasteiger partial charge in [-0.05, 0) is 55.5 Å². The third kappa shape index (κ3) is 4.67. The Labute approximate surface area is 204 Å². The van der Waals surface area contributed by atoms with E-state index >= 15 is 0 Å². The largest absolute Gasteiger partial charge is 0.497 e. The molecule has 7 heteroatoms. The van der Waals surface area contributed by atoms with Crippen LogP contribution in [0.25, 0.3) is 11.0 Å². The molecule has 5 rings (SSSR count). The lowest BCUT2D eigenvalue weighted by atomic mass is 10.1. The summed E-state index contributed by atoms with van der Waals surface area (Å²) in [6.45, 7) is 4.17. The van der Waals surface area contributed by atoms with E-state index < -0.39 is 0 Å². The molecule has 0 radical (unpaired) electrons. The van der Waals surface area contributed by atoms with Crippen molar-refractivity contribution in [2.24, 2.45) is 0 Å². The number of hydrogen-bond acceptors (Lipinski definition) is 5. The summed E-state index contributed by atoms with van der Waals surface area (Å²) in [6, 6.07) is 23.3. The number of carbonyl (C=O) groups excluding carboxylic acids is 1. The molecule has 1 aliphatic rings. The van der Waals surface area contributed by atoms with E-state index in [1.165, 1.54) is 0 Å². The number of benzene rings is 3. The highest BCUT2D eigenvalue weighted by Crippen LogP contribution is 2.37. The molecule has 7 nitrogen and oxygen atoms in total. The second-order valence-corrected chi connectivity index (χ2v) is 8.44. The number of nitrogens with zero attached hydrogens (tertiary/aromatic N) is 3. The van der Waals surface area contributed by atoms with Gasteiger partial charge >= 0.3 is 0 Å². The van der Waals surface area contributed by atoms with Crippen molar-refractivity contribution in [3.8, 4) is 17.2 Å². The van der Waals surface area contributed by atoms with Crippen molar-refractivity contribution in [2.45, 2.75) is 25.8 Å². The Morgan fingerprint density at radius 1 is 0.943 bits per heavy atom. The topological polar surface area (TPSA) is 65.8 Å². The highest BCUT2D eigenvalue weighted by atomic mass is 16.5. The first kappa shape index (κ1) is 22.8. The molecule has 0 unspecified atom stereocenters. The Morgan fingerprint density at radius 3 is 2.49 bits per heavy atom. The number of imidazole rings is 1. The van der Waals surface area contributed by atoms with Gasteiger partial charge in [0.05, 0.1) is 37.0 Å². The Kier molecular flexibility index (Phi) is 6.57. The van der Waals surface area contributed by atoms with Crippen LogP contribution >= 0.6 is 0 Å². The van der Waals surface area contributed by atoms with Crippen LogP contribution in [0, 0.1) is 0 Å². The van der Waals surface area contributed by atoms with E-state index in [9.17, 15) is 4.79 Å². The summed E-state index contributed by atoms with van der Waals surface area (Å²) < 4.78 is 19.2. The molecule has 1 aromatic heterocycles. The fourth-order valence-electron chi connectivity index (χ4n) is 4.64. The number of para-hydroxylation sites is 4. The number of hydrogen-bond donors (Lipinski definition) is 0. The summed E-state index contributed by atoms with van der Waals surface area (Å²) in [5, 5.41) is 0. The first-order chi connectivity index (χ1) is 17.2. The molecule has 1 atom stereocenters. The summed E-state index contributed by atoms with van der Waals surface area (Å²) in [4.78, 5) is 19.9. The number of carbonyl (C=O) groups is 1. The van der Waals surface area contributed by atoms with Gasteiger partial charge in [-0.2, -0.15) is 0 Å². The van der Waals surface area contributed by atoms with E-state index in [0.717, 1.165) is 39.8 Å². The van der Waals surface area contributed by atoms with Crippen molar-refractivity contribution in [3.05, 3.63) is 78.6 Å². The van der Waals surface area contributed by atoms with Crippen molar-refractivity contribution in [3.63, 3.8) is 0 Å². The van der Waals surface area contributed by atoms with Crippen molar-refractivity contribution in [1.29, 1.82) is 0 Å². The van der Waals surface area contributed by atoms with Crippen molar-refractivity contribution in [2.75, 3.05) is 31.8 Å². The second kappa shape index (κ2) is 10.1. The average Bonchev–Trinajstić information content (AvgIpc) is 3.45. The summed E-state index contributed by atoms with van der Waals surface area (Å²) >= 11 is 0. The van der Waals surface area contributed by atoms with Crippen LogP contribution in [0.5, 0.6) is 17.2 Å². The summed E-state index contributed by atoms with van der Waals surface area (Å²) in [5.74, 6) is 3.27. The summed E-state index contributed by atoms with van der Waals surface area (Å²) in [5.41, 5.74) is 2.78. The third-order valence-corrected chi connectivity index (χ3v) is 6.27. The zero-order chi connectivity index (χ0) is 24.2. The smallest absolute Gasteiger partial charge is 0.227 e. The molecule has 0 bridgehead atoms. The van der Waals surface area contributed by atoms with Gasteiger partial charge in [0.25, 0.3) is 0 Å². The van der Waals surface area contributed by atoms with Gasteiger partial charge in [0.1, 0.15) is 29.7 Å². The van der Waals surface area contributed by atoms with Gasteiger partial charge in [0, 0.05) is 18.9 Å². The molecule has 0 aliphatic carbocycles. The fourth-order valence-corrected chi connectivity index (χ4v) is 4.64. The summed E-state index contributed by atoms with van der Waals surface area (Å²) in [7, 11) is 1.64. The van der Waals surface area contributed by atoms with E-state index in [2.05, 4.69) is 10.6 Å². The number of aromatic nitrogens is 2. The van der Waals surface area contributed by atoms with Gasteiger partial charge in [-0.1, -0.05) is 24.3 Å². The number of methoxy groups -OCH3 is 1. The quantitative estimate of drug-likeness (QED) is 0.342. The van der Waals surface area contributed by atoms with Crippen LogP contribution in [-0.4, -0.2) is 42.3 Å². The zero-order valence-electron chi connectivity index (χ0n) is 20.0. The Hall–Kier alpha value is -4.00. The molecular formula is C28H29N3O4. The molecule has 3 aromatic carbocycles. The molecule has 1 amide bonds. The lowest BCUT2D eigenvalue weighted by molar-refractivity contribution is -0.117. The van der Waals surface area contributed by atoms with Gasteiger partial charge in [0.2, 0.25) is 5.91 Å². The number of rotatable bonds is 9. The molecule has 0 spiro atoms. The van der Waals surface area contributed by atoms with E-state index in [-0.39, 0.29) is 11.8 Å². The molecule has 1 fully saturated rings. The van der Waals surface area contributed by atoms with E-state index in [0.29, 0.717) is 32.7 Å². The van der Waals surface area contributed by atoms with Crippen molar-refractivity contribution < 1.29 is 19.0 Å². The normalized spacial score (nSPS) is 15.5. The van der Waals surface area contributed by atoms with Crippen LogP contribution in [0.1, 0.15) is 25.1 Å². The van der Waals surface area contributed by atoms with Crippen molar-refractivity contribution >= 4 is 22.6 Å². The van der Waals surface area contributed by atoms with Crippen LogP contribution in [0.2, 0.25) is 0 Å².